The van der Waals surface area contributed by atoms with Gasteiger partial charge in [-0.2, -0.15) is 4.31 Å². The SMILES string of the molecule is CN(CCOCC1CC1)S(=O)(=O)c1ccc(Br)cc1F. The van der Waals surface area contributed by atoms with Gasteiger partial charge in [0.25, 0.3) is 0 Å². The van der Waals surface area contributed by atoms with Crippen LogP contribution in [-0.4, -0.2) is 39.5 Å². The van der Waals surface area contributed by atoms with E-state index in [0.717, 1.165) is 10.4 Å². The smallest absolute Gasteiger partial charge is 0.245 e. The van der Waals surface area contributed by atoms with Gasteiger partial charge in [0.05, 0.1) is 6.61 Å². The van der Waals surface area contributed by atoms with Crippen LogP contribution in [0.25, 0.3) is 0 Å². The molecular weight excluding hydrogens is 349 g/mol. The fourth-order valence-electron chi connectivity index (χ4n) is 1.70. The minimum Gasteiger partial charge on any atom is -0.380 e. The van der Waals surface area contributed by atoms with Crippen LogP contribution >= 0.6 is 15.9 Å². The Kier molecular flexibility index (Phi) is 5.17. The Balaban J connectivity index is 1.96. The molecule has 7 heteroatoms. The molecule has 1 fully saturated rings. The molecule has 2 rings (SSSR count). The third kappa shape index (κ3) is 4.00. The lowest BCUT2D eigenvalue weighted by Gasteiger charge is -2.17. The van der Waals surface area contributed by atoms with Crippen molar-refractivity contribution in [3.05, 3.63) is 28.5 Å². The zero-order valence-electron chi connectivity index (χ0n) is 11.2. The zero-order valence-corrected chi connectivity index (χ0v) is 13.6. The van der Waals surface area contributed by atoms with Crippen molar-refractivity contribution in [3.8, 4) is 0 Å². The molecule has 1 aliphatic rings. The molecule has 0 bridgehead atoms. The Morgan fingerprint density at radius 1 is 1.45 bits per heavy atom. The molecule has 0 amide bonds. The highest BCUT2D eigenvalue weighted by Crippen LogP contribution is 2.28. The van der Waals surface area contributed by atoms with Gasteiger partial charge >= 0.3 is 0 Å². The summed E-state index contributed by atoms with van der Waals surface area (Å²) < 4.78 is 45.2. The van der Waals surface area contributed by atoms with Crippen LogP contribution in [0.3, 0.4) is 0 Å². The Bertz CT molecular complexity index is 575. The van der Waals surface area contributed by atoms with Gasteiger partial charge in [-0.1, -0.05) is 15.9 Å². The Morgan fingerprint density at radius 3 is 2.75 bits per heavy atom. The first-order valence-electron chi connectivity index (χ1n) is 6.40. The van der Waals surface area contributed by atoms with E-state index >= 15 is 0 Å². The molecule has 0 spiro atoms. The molecule has 0 aliphatic heterocycles. The molecule has 1 saturated carbocycles. The Hall–Kier alpha value is -0.500. The number of nitrogens with zero attached hydrogens (tertiary/aromatic N) is 1. The van der Waals surface area contributed by atoms with Crippen molar-refractivity contribution in [1.29, 1.82) is 0 Å². The van der Waals surface area contributed by atoms with E-state index in [9.17, 15) is 12.8 Å². The van der Waals surface area contributed by atoms with E-state index in [0.29, 0.717) is 23.6 Å². The van der Waals surface area contributed by atoms with E-state index in [1.807, 2.05) is 0 Å². The standard InChI is InChI=1S/C13H17BrFNO3S/c1-16(6-7-19-9-10-2-3-10)20(17,18)13-5-4-11(14)8-12(13)15/h4-5,8,10H,2-3,6-7,9H2,1H3. The molecule has 1 aromatic carbocycles. The fourth-order valence-corrected chi connectivity index (χ4v) is 3.23. The van der Waals surface area contributed by atoms with E-state index < -0.39 is 15.8 Å². The van der Waals surface area contributed by atoms with Gasteiger partial charge in [0.1, 0.15) is 10.7 Å². The highest BCUT2D eigenvalue weighted by atomic mass is 79.9. The van der Waals surface area contributed by atoms with Gasteiger partial charge in [0.15, 0.2) is 0 Å². The minimum atomic E-state index is -3.81. The summed E-state index contributed by atoms with van der Waals surface area (Å²) in [6.07, 6.45) is 2.39. The normalized spacial score (nSPS) is 15.8. The lowest BCUT2D eigenvalue weighted by molar-refractivity contribution is 0.117. The van der Waals surface area contributed by atoms with E-state index in [1.54, 1.807) is 0 Å². The Labute approximate surface area is 127 Å². The number of likely N-dealkylation sites (N-methyl/N-ethyl adjacent to an activating group) is 1. The number of halogens is 2. The largest absolute Gasteiger partial charge is 0.380 e. The van der Waals surface area contributed by atoms with Crippen molar-refractivity contribution in [2.75, 3.05) is 26.8 Å². The van der Waals surface area contributed by atoms with E-state index in [2.05, 4.69) is 15.9 Å². The summed E-state index contributed by atoms with van der Waals surface area (Å²) in [6.45, 7) is 1.22. The van der Waals surface area contributed by atoms with E-state index in [1.165, 1.54) is 32.0 Å². The summed E-state index contributed by atoms with van der Waals surface area (Å²) in [4.78, 5) is -0.314. The maximum atomic E-state index is 13.7. The number of hydrogen-bond acceptors (Lipinski definition) is 3. The van der Waals surface area contributed by atoms with Crippen LogP contribution in [0, 0.1) is 11.7 Å². The van der Waals surface area contributed by atoms with Crippen LogP contribution in [0.5, 0.6) is 0 Å². The summed E-state index contributed by atoms with van der Waals surface area (Å²) in [7, 11) is -2.39. The maximum absolute atomic E-state index is 13.7. The van der Waals surface area contributed by atoms with Crippen LogP contribution in [0.4, 0.5) is 4.39 Å². The molecule has 0 unspecified atom stereocenters. The van der Waals surface area contributed by atoms with Crippen LogP contribution in [-0.2, 0) is 14.8 Å². The second-order valence-electron chi connectivity index (χ2n) is 4.92. The van der Waals surface area contributed by atoms with E-state index in [4.69, 9.17) is 4.74 Å². The van der Waals surface area contributed by atoms with Crippen molar-refractivity contribution in [2.45, 2.75) is 17.7 Å². The van der Waals surface area contributed by atoms with E-state index in [-0.39, 0.29) is 11.4 Å². The molecule has 1 aliphatic carbocycles. The van der Waals surface area contributed by atoms with Gasteiger partial charge < -0.3 is 4.74 Å². The van der Waals surface area contributed by atoms with Gasteiger partial charge in [-0.15, -0.1) is 0 Å². The average molecular weight is 366 g/mol. The molecule has 0 N–H and O–H groups in total. The van der Waals surface area contributed by atoms with Gasteiger partial charge in [-0.25, -0.2) is 12.8 Å². The summed E-state index contributed by atoms with van der Waals surface area (Å²) in [5.41, 5.74) is 0. The van der Waals surface area contributed by atoms with Crippen molar-refractivity contribution in [2.24, 2.45) is 5.92 Å². The lowest BCUT2D eigenvalue weighted by atomic mass is 10.3. The van der Waals surface area contributed by atoms with Gasteiger partial charge in [-0.05, 0) is 37.0 Å². The third-order valence-corrected chi connectivity index (χ3v) is 5.57. The molecule has 0 atom stereocenters. The maximum Gasteiger partial charge on any atom is 0.245 e. The zero-order chi connectivity index (χ0) is 14.8. The molecule has 0 radical (unpaired) electrons. The third-order valence-electron chi connectivity index (χ3n) is 3.18. The minimum absolute atomic E-state index is 0.213. The highest BCUT2D eigenvalue weighted by Gasteiger charge is 2.25. The predicted molar refractivity (Wildman–Crippen MR) is 77.5 cm³/mol. The summed E-state index contributed by atoms with van der Waals surface area (Å²) in [6, 6.07) is 3.91. The first kappa shape index (κ1) is 15.9. The lowest BCUT2D eigenvalue weighted by Crippen LogP contribution is -2.31. The summed E-state index contributed by atoms with van der Waals surface area (Å²) in [5.74, 6) is -0.119. The molecule has 112 valence electrons. The van der Waals surface area contributed by atoms with Crippen LogP contribution in [0.2, 0.25) is 0 Å². The monoisotopic (exact) mass is 365 g/mol. The van der Waals surface area contributed by atoms with Crippen LogP contribution in [0.15, 0.2) is 27.6 Å². The summed E-state index contributed by atoms with van der Waals surface area (Å²) in [5, 5.41) is 0. The van der Waals surface area contributed by atoms with Crippen LogP contribution in [0.1, 0.15) is 12.8 Å². The second kappa shape index (κ2) is 6.51. The molecule has 20 heavy (non-hydrogen) atoms. The van der Waals surface area contributed by atoms with Gasteiger partial charge in [-0.3, -0.25) is 0 Å². The topological polar surface area (TPSA) is 46.6 Å². The molecule has 4 nitrogen and oxygen atoms in total. The van der Waals surface area contributed by atoms with Crippen molar-refractivity contribution < 1.29 is 17.5 Å². The highest BCUT2D eigenvalue weighted by molar-refractivity contribution is 9.10. The van der Waals surface area contributed by atoms with Gasteiger partial charge in [0.2, 0.25) is 10.0 Å². The molecule has 0 heterocycles. The molecular formula is C13H17BrFNO3S. The molecule has 1 aromatic rings. The molecule has 0 saturated heterocycles. The second-order valence-corrected chi connectivity index (χ2v) is 7.85. The molecule has 0 aromatic heterocycles. The first-order chi connectivity index (χ1) is 9.41. The fraction of sp³-hybridized carbons (Fsp3) is 0.538. The van der Waals surface area contributed by atoms with Crippen molar-refractivity contribution in [1.82, 2.24) is 4.31 Å². The Morgan fingerprint density at radius 2 is 2.15 bits per heavy atom. The quantitative estimate of drug-likeness (QED) is 0.697. The van der Waals surface area contributed by atoms with Crippen molar-refractivity contribution in [3.63, 3.8) is 0 Å². The summed E-state index contributed by atoms with van der Waals surface area (Å²) >= 11 is 3.10. The number of benzene rings is 1. The number of hydrogen-bond donors (Lipinski definition) is 0. The first-order valence-corrected chi connectivity index (χ1v) is 8.63. The van der Waals surface area contributed by atoms with Crippen molar-refractivity contribution >= 4 is 26.0 Å². The number of rotatable bonds is 7. The van der Waals surface area contributed by atoms with Crippen LogP contribution < -0.4 is 0 Å². The average Bonchev–Trinajstić information content (AvgIpc) is 3.17. The van der Waals surface area contributed by atoms with Gasteiger partial charge in [0, 0.05) is 24.7 Å². The number of ether oxygens (including phenoxy) is 1. The predicted octanol–water partition coefficient (Wildman–Crippen LogP) is 2.64. The number of sulfonamides is 1.